The van der Waals surface area contributed by atoms with Crippen molar-refractivity contribution in [1.82, 2.24) is 10.3 Å². The largest absolute Gasteiger partial charge is 0.352 e. The molecule has 0 aliphatic heterocycles. The third-order valence-corrected chi connectivity index (χ3v) is 5.53. The van der Waals surface area contributed by atoms with Gasteiger partial charge in [-0.25, -0.2) is 4.98 Å². The first-order chi connectivity index (χ1) is 13.7. The highest BCUT2D eigenvalue weighted by Crippen LogP contribution is 2.29. The number of hydrogen-bond acceptors (Lipinski definition) is 2. The Morgan fingerprint density at radius 3 is 2.61 bits per heavy atom. The van der Waals surface area contributed by atoms with Gasteiger partial charge < -0.3 is 5.32 Å². The second-order valence-electron chi connectivity index (χ2n) is 7.46. The van der Waals surface area contributed by atoms with Gasteiger partial charge in [0.1, 0.15) is 0 Å². The van der Waals surface area contributed by atoms with E-state index in [2.05, 4.69) is 11.4 Å². The smallest absolute Gasteiger partial charge is 0.252 e. The van der Waals surface area contributed by atoms with Crippen LogP contribution >= 0.6 is 0 Å². The van der Waals surface area contributed by atoms with E-state index in [9.17, 15) is 4.79 Å². The monoisotopic (exact) mass is 370 g/mol. The van der Waals surface area contributed by atoms with E-state index in [0.29, 0.717) is 6.54 Å². The summed E-state index contributed by atoms with van der Waals surface area (Å²) >= 11 is 0. The summed E-state index contributed by atoms with van der Waals surface area (Å²) in [7, 11) is 0. The second kappa shape index (κ2) is 8.39. The number of allylic oxidation sites excluding steroid dienone is 1. The summed E-state index contributed by atoms with van der Waals surface area (Å²) in [6, 6.07) is 18.0. The maximum atomic E-state index is 13.1. The number of fused-ring (bicyclic) bond motifs is 1. The molecule has 0 fully saturated rings. The normalized spacial score (nSPS) is 14.0. The lowest BCUT2D eigenvalue weighted by Crippen LogP contribution is -2.26. The molecule has 1 amide bonds. The molecule has 0 radical (unpaired) electrons. The van der Waals surface area contributed by atoms with Crippen LogP contribution in [-0.4, -0.2) is 17.4 Å². The maximum absolute atomic E-state index is 13.1. The van der Waals surface area contributed by atoms with Gasteiger partial charge in [-0.3, -0.25) is 4.79 Å². The molecule has 142 valence electrons. The van der Waals surface area contributed by atoms with Crippen molar-refractivity contribution in [1.29, 1.82) is 0 Å². The number of hydrogen-bond donors (Lipinski definition) is 1. The first kappa shape index (κ1) is 18.4. The molecule has 4 rings (SSSR count). The van der Waals surface area contributed by atoms with Gasteiger partial charge in [0.2, 0.25) is 0 Å². The maximum Gasteiger partial charge on any atom is 0.252 e. The van der Waals surface area contributed by atoms with Crippen molar-refractivity contribution in [2.45, 2.75) is 39.0 Å². The van der Waals surface area contributed by atoms with E-state index in [0.717, 1.165) is 39.7 Å². The van der Waals surface area contributed by atoms with Gasteiger partial charge in [0.25, 0.3) is 5.91 Å². The summed E-state index contributed by atoms with van der Waals surface area (Å²) in [6.07, 6.45) is 8.20. The average Bonchev–Trinajstić information content (AvgIpc) is 2.74. The lowest BCUT2D eigenvalue weighted by atomic mass is 9.96. The van der Waals surface area contributed by atoms with Crippen molar-refractivity contribution in [2.24, 2.45) is 0 Å². The Morgan fingerprint density at radius 1 is 1.04 bits per heavy atom. The molecule has 0 saturated carbocycles. The van der Waals surface area contributed by atoms with Crippen LogP contribution in [0.1, 0.15) is 48.0 Å². The Kier molecular flexibility index (Phi) is 5.52. The number of rotatable bonds is 5. The molecule has 28 heavy (non-hydrogen) atoms. The van der Waals surface area contributed by atoms with Crippen molar-refractivity contribution < 1.29 is 4.79 Å². The van der Waals surface area contributed by atoms with Crippen molar-refractivity contribution >= 4 is 16.8 Å². The molecule has 0 spiro atoms. The zero-order valence-corrected chi connectivity index (χ0v) is 16.4. The predicted molar refractivity (Wildman–Crippen MR) is 115 cm³/mol. The zero-order valence-electron chi connectivity index (χ0n) is 16.4. The molecule has 2 aromatic carbocycles. The molecular formula is C25H26N2O. The molecular weight excluding hydrogens is 344 g/mol. The fraction of sp³-hybridized carbons (Fsp3) is 0.280. The number of benzene rings is 2. The SMILES string of the molecule is Cc1c(-c2ccccc2)nc2ccccc2c1C(=O)NCCC1=CCCCC1. The van der Waals surface area contributed by atoms with Crippen LogP contribution in [0.3, 0.4) is 0 Å². The number of aromatic nitrogens is 1. The lowest BCUT2D eigenvalue weighted by Gasteiger charge is -2.16. The minimum atomic E-state index is -0.00955. The van der Waals surface area contributed by atoms with Crippen LogP contribution in [0.2, 0.25) is 0 Å². The summed E-state index contributed by atoms with van der Waals surface area (Å²) in [4.78, 5) is 18.0. The number of para-hydroxylation sites is 1. The molecule has 3 heteroatoms. The highest BCUT2D eigenvalue weighted by Gasteiger charge is 2.18. The second-order valence-corrected chi connectivity index (χ2v) is 7.46. The topological polar surface area (TPSA) is 42.0 Å². The van der Waals surface area contributed by atoms with Crippen LogP contribution in [0, 0.1) is 6.92 Å². The van der Waals surface area contributed by atoms with Crippen molar-refractivity contribution in [3.63, 3.8) is 0 Å². The van der Waals surface area contributed by atoms with Gasteiger partial charge in [-0.2, -0.15) is 0 Å². The van der Waals surface area contributed by atoms with E-state index < -0.39 is 0 Å². The quantitative estimate of drug-likeness (QED) is 0.574. The van der Waals surface area contributed by atoms with Gasteiger partial charge in [-0.15, -0.1) is 0 Å². The van der Waals surface area contributed by atoms with E-state index in [4.69, 9.17) is 4.98 Å². The molecule has 0 atom stereocenters. The third kappa shape index (κ3) is 3.84. The van der Waals surface area contributed by atoms with Gasteiger partial charge in [-0.05, 0) is 50.7 Å². The molecule has 0 unspecified atom stereocenters. The lowest BCUT2D eigenvalue weighted by molar-refractivity contribution is 0.0955. The molecule has 3 nitrogen and oxygen atoms in total. The Morgan fingerprint density at radius 2 is 1.82 bits per heavy atom. The molecule has 1 heterocycles. The van der Waals surface area contributed by atoms with Crippen LogP contribution in [0.5, 0.6) is 0 Å². The standard InChI is InChI=1S/C25H26N2O/c1-18-23(25(28)26-17-16-19-10-4-2-5-11-19)21-14-8-9-15-22(21)27-24(18)20-12-6-3-7-13-20/h3,6-10,12-15H,2,4-5,11,16-17H2,1H3,(H,26,28). The summed E-state index contributed by atoms with van der Waals surface area (Å²) in [5.41, 5.74) is 5.91. The molecule has 3 aromatic rings. The molecule has 1 aliphatic carbocycles. The van der Waals surface area contributed by atoms with E-state index in [1.807, 2.05) is 61.5 Å². The van der Waals surface area contributed by atoms with Gasteiger partial charge in [0.05, 0.1) is 16.8 Å². The minimum Gasteiger partial charge on any atom is -0.352 e. The van der Waals surface area contributed by atoms with Crippen LogP contribution in [-0.2, 0) is 0 Å². The fourth-order valence-corrected chi connectivity index (χ4v) is 4.03. The molecule has 0 saturated heterocycles. The van der Waals surface area contributed by atoms with Gasteiger partial charge in [0.15, 0.2) is 0 Å². The van der Waals surface area contributed by atoms with Crippen LogP contribution < -0.4 is 5.32 Å². The van der Waals surface area contributed by atoms with Crippen LogP contribution in [0.25, 0.3) is 22.2 Å². The highest BCUT2D eigenvalue weighted by atomic mass is 16.1. The van der Waals surface area contributed by atoms with Gasteiger partial charge in [0, 0.05) is 17.5 Å². The predicted octanol–water partition coefficient (Wildman–Crippen LogP) is 5.83. The Balaban J connectivity index is 1.65. The van der Waals surface area contributed by atoms with E-state index in [1.54, 1.807) is 0 Å². The Hall–Kier alpha value is -2.94. The van der Waals surface area contributed by atoms with E-state index in [1.165, 1.54) is 31.3 Å². The zero-order chi connectivity index (χ0) is 19.3. The third-order valence-electron chi connectivity index (χ3n) is 5.53. The Labute approximate surface area is 166 Å². The van der Waals surface area contributed by atoms with E-state index >= 15 is 0 Å². The van der Waals surface area contributed by atoms with Crippen molar-refractivity contribution in [2.75, 3.05) is 6.54 Å². The summed E-state index contributed by atoms with van der Waals surface area (Å²) in [5.74, 6) is -0.00955. The number of amides is 1. The highest BCUT2D eigenvalue weighted by molar-refractivity contribution is 6.08. The summed E-state index contributed by atoms with van der Waals surface area (Å²) < 4.78 is 0. The molecule has 1 aromatic heterocycles. The number of nitrogens with one attached hydrogen (secondary N) is 1. The molecule has 0 bridgehead atoms. The van der Waals surface area contributed by atoms with E-state index in [-0.39, 0.29) is 5.91 Å². The first-order valence-corrected chi connectivity index (χ1v) is 10.1. The van der Waals surface area contributed by atoms with Crippen molar-refractivity contribution in [3.05, 3.63) is 77.4 Å². The number of pyridine rings is 1. The number of carbonyl (C=O) groups is 1. The van der Waals surface area contributed by atoms with Crippen LogP contribution in [0.4, 0.5) is 0 Å². The van der Waals surface area contributed by atoms with Gasteiger partial charge >= 0.3 is 0 Å². The summed E-state index contributed by atoms with van der Waals surface area (Å²) in [5, 5.41) is 4.06. The average molecular weight is 370 g/mol. The minimum absolute atomic E-state index is 0.00955. The Bertz CT molecular complexity index is 1020. The number of nitrogens with zero attached hydrogens (tertiary/aromatic N) is 1. The first-order valence-electron chi connectivity index (χ1n) is 10.1. The molecule has 1 N–H and O–H groups in total. The van der Waals surface area contributed by atoms with Crippen molar-refractivity contribution in [3.8, 4) is 11.3 Å². The molecule has 1 aliphatic rings. The van der Waals surface area contributed by atoms with Gasteiger partial charge in [-0.1, -0.05) is 60.2 Å². The fourth-order valence-electron chi connectivity index (χ4n) is 4.03. The number of carbonyl (C=O) groups excluding carboxylic acids is 1. The summed E-state index contributed by atoms with van der Waals surface area (Å²) in [6.45, 7) is 2.68. The van der Waals surface area contributed by atoms with Crippen LogP contribution in [0.15, 0.2) is 66.2 Å².